The summed E-state index contributed by atoms with van der Waals surface area (Å²) in [5.74, 6) is 0. The van der Waals surface area contributed by atoms with Gasteiger partial charge in [0.15, 0.2) is 0 Å². The molecule has 1 aromatic heterocycles. The molecule has 0 atom stereocenters. The third-order valence-electron chi connectivity index (χ3n) is 2.63. The standard InChI is InChI=1S/C11H3F9S/c12-9(13,14)4-1-2-6-7(8(4)11(18,19)20)5(3-21-6)10(15,16)17/h1-3H. The molecule has 0 N–H and O–H groups in total. The number of rotatable bonds is 0. The van der Waals surface area contributed by atoms with E-state index in [-0.39, 0.29) is 6.07 Å². The van der Waals surface area contributed by atoms with Crippen molar-refractivity contribution in [2.45, 2.75) is 18.5 Å². The van der Waals surface area contributed by atoms with E-state index >= 15 is 0 Å². The Balaban J connectivity index is 2.98. The first-order chi connectivity index (χ1) is 9.33. The van der Waals surface area contributed by atoms with E-state index in [1.807, 2.05) is 0 Å². The normalized spacial score (nSPS) is 14.0. The van der Waals surface area contributed by atoms with E-state index in [1.54, 1.807) is 0 Å². The van der Waals surface area contributed by atoms with Crippen LogP contribution in [0, 0.1) is 0 Å². The van der Waals surface area contributed by atoms with Crippen LogP contribution >= 0.6 is 11.3 Å². The molecule has 1 aromatic carbocycles. The van der Waals surface area contributed by atoms with Crippen LogP contribution in [0.1, 0.15) is 16.7 Å². The van der Waals surface area contributed by atoms with Crippen LogP contribution in [0.3, 0.4) is 0 Å². The summed E-state index contributed by atoms with van der Waals surface area (Å²) in [6, 6.07) is 0.745. The molecule has 2 aromatic rings. The maximum atomic E-state index is 12.9. The summed E-state index contributed by atoms with van der Waals surface area (Å²) in [6.07, 6.45) is -16.2. The largest absolute Gasteiger partial charge is 0.417 e. The molecule has 0 nitrogen and oxygen atoms in total. The Labute approximate surface area is 114 Å². The van der Waals surface area contributed by atoms with Gasteiger partial charge in [-0.05, 0) is 12.1 Å². The van der Waals surface area contributed by atoms with E-state index in [4.69, 9.17) is 0 Å². The first kappa shape index (κ1) is 15.9. The Hall–Kier alpha value is -1.45. The van der Waals surface area contributed by atoms with Gasteiger partial charge in [-0.2, -0.15) is 39.5 Å². The second-order valence-corrected chi connectivity index (χ2v) is 4.92. The van der Waals surface area contributed by atoms with E-state index in [0.717, 1.165) is 0 Å². The van der Waals surface area contributed by atoms with Crippen molar-refractivity contribution in [1.29, 1.82) is 0 Å². The molecule has 0 aliphatic carbocycles. The highest BCUT2D eigenvalue weighted by Crippen LogP contribution is 2.49. The molecule has 0 saturated carbocycles. The number of fused-ring (bicyclic) bond motifs is 1. The predicted molar refractivity (Wildman–Crippen MR) is 56.8 cm³/mol. The number of halogens is 9. The molecule has 116 valence electrons. The van der Waals surface area contributed by atoms with Crippen LogP contribution in [0.4, 0.5) is 39.5 Å². The van der Waals surface area contributed by atoms with Crippen LogP contribution in [0.5, 0.6) is 0 Å². The molecule has 0 fully saturated rings. The summed E-state index contributed by atoms with van der Waals surface area (Å²) >= 11 is 0.303. The van der Waals surface area contributed by atoms with Crippen LogP contribution < -0.4 is 0 Å². The quantitative estimate of drug-likeness (QED) is 0.520. The number of hydrogen-bond acceptors (Lipinski definition) is 1. The molecule has 1 heterocycles. The maximum absolute atomic E-state index is 12.9. The number of hydrogen-bond donors (Lipinski definition) is 0. The van der Waals surface area contributed by atoms with Crippen molar-refractivity contribution in [3.63, 3.8) is 0 Å². The van der Waals surface area contributed by atoms with E-state index in [0.29, 0.717) is 22.8 Å². The van der Waals surface area contributed by atoms with Crippen LogP contribution in [0.25, 0.3) is 10.1 Å². The lowest BCUT2D eigenvalue weighted by molar-refractivity contribution is -0.161. The molecule has 0 radical (unpaired) electrons. The van der Waals surface area contributed by atoms with Crippen LogP contribution in [0.15, 0.2) is 17.5 Å². The number of benzene rings is 1. The van der Waals surface area contributed by atoms with Gasteiger partial charge < -0.3 is 0 Å². The summed E-state index contributed by atoms with van der Waals surface area (Å²) < 4.78 is 114. The van der Waals surface area contributed by atoms with Gasteiger partial charge in [0.2, 0.25) is 0 Å². The first-order valence-corrected chi connectivity index (χ1v) is 5.97. The average Bonchev–Trinajstić information content (AvgIpc) is 2.67. The van der Waals surface area contributed by atoms with E-state index in [1.165, 1.54) is 0 Å². The number of thiophene rings is 1. The van der Waals surface area contributed by atoms with Crippen LogP contribution in [0.2, 0.25) is 0 Å². The molecular weight excluding hydrogens is 335 g/mol. The molecule has 2 rings (SSSR count). The van der Waals surface area contributed by atoms with Crippen molar-refractivity contribution in [2.75, 3.05) is 0 Å². The second kappa shape index (κ2) is 4.52. The molecule has 0 unspecified atom stereocenters. The first-order valence-electron chi connectivity index (χ1n) is 5.09. The smallest absolute Gasteiger partial charge is 0.166 e. The highest BCUT2D eigenvalue weighted by Gasteiger charge is 2.47. The molecule has 0 aliphatic rings. The summed E-state index contributed by atoms with van der Waals surface area (Å²) in [5, 5.41) is -1.09. The van der Waals surface area contributed by atoms with E-state index in [9.17, 15) is 39.5 Å². The Morgan fingerprint density at radius 3 is 1.62 bits per heavy atom. The minimum Gasteiger partial charge on any atom is -0.166 e. The Bertz CT molecular complexity index is 672. The Kier molecular flexibility index (Phi) is 3.43. The van der Waals surface area contributed by atoms with Crippen molar-refractivity contribution in [2.24, 2.45) is 0 Å². The zero-order valence-electron chi connectivity index (χ0n) is 9.54. The highest BCUT2D eigenvalue weighted by atomic mass is 32.1. The van der Waals surface area contributed by atoms with Crippen LogP contribution in [-0.4, -0.2) is 0 Å². The Morgan fingerprint density at radius 1 is 0.667 bits per heavy atom. The lowest BCUT2D eigenvalue weighted by Crippen LogP contribution is -2.18. The van der Waals surface area contributed by atoms with Gasteiger partial charge in [0.1, 0.15) is 0 Å². The van der Waals surface area contributed by atoms with Crippen molar-refractivity contribution >= 4 is 21.4 Å². The van der Waals surface area contributed by atoms with Gasteiger partial charge in [-0.25, -0.2) is 0 Å². The minimum atomic E-state index is -5.56. The van der Waals surface area contributed by atoms with Crippen molar-refractivity contribution in [3.8, 4) is 0 Å². The zero-order chi connectivity index (χ0) is 16.2. The predicted octanol–water partition coefficient (Wildman–Crippen LogP) is 5.96. The minimum absolute atomic E-state index is 0.141. The fourth-order valence-corrected chi connectivity index (χ4v) is 2.84. The van der Waals surface area contributed by atoms with Gasteiger partial charge in [-0.3, -0.25) is 0 Å². The lowest BCUT2D eigenvalue weighted by Gasteiger charge is -2.18. The summed E-state index contributed by atoms with van der Waals surface area (Å²) in [4.78, 5) is 0. The fourth-order valence-electron chi connectivity index (χ4n) is 1.87. The fraction of sp³-hybridized carbons (Fsp3) is 0.273. The maximum Gasteiger partial charge on any atom is 0.417 e. The second-order valence-electron chi connectivity index (χ2n) is 4.00. The summed E-state index contributed by atoms with van der Waals surface area (Å²) in [6.45, 7) is 0. The monoisotopic (exact) mass is 338 g/mol. The van der Waals surface area contributed by atoms with E-state index in [2.05, 4.69) is 0 Å². The molecule has 0 spiro atoms. The molecular formula is C11H3F9S. The Morgan fingerprint density at radius 2 is 1.19 bits per heavy atom. The molecule has 0 bridgehead atoms. The van der Waals surface area contributed by atoms with Crippen molar-refractivity contribution in [1.82, 2.24) is 0 Å². The van der Waals surface area contributed by atoms with Crippen LogP contribution in [-0.2, 0) is 18.5 Å². The SMILES string of the molecule is FC(F)(F)c1ccc2scc(C(F)(F)F)c2c1C(F)(F)F. The molecule has 0 amide bonds. The van der Waals surface area contributed by atoms with Gasteiger partial charge in [-0.1, -0.05) is 0 Å². The highest BCUT2D eigenvalue weighted by molar-refractivity contribution is 7.17. The number of alkyl halides is 9. The topological polar surface area (TPSA) is 0 Å². The molecule has 10 heteroatoms. The van der Waals surface area contributed by atoms with Crippen molar-refractivity contribution < 1.29 is 39.5 Å². The molecule has 21 heavy (non-hydrogen) atoms. The van der Waals surface area contributed by atoms with Gasteiger partial charge in [0, 0.05) is 15.5 Å². The summed E-state index contributed by atoms with van der Waals surface area (Å²) in [5.41, 5.74) is -6.16. The average molecular weight is 338 g/mol. The zero-order valence-corrected chi connectivity index (χ0v) is 10.4. The third kappa shape index (κ3) is 2.81. The molecule has 0 aliphatic heterocycles. The van der Waals surface area contributed by atoms with E-state index < -0.39 is 45.3 Å². The van der Waals surface area contributed by atoms with Gasteiger partial charge >= 0.3 is 18.5 Å². The van der Waals surface area contributed by atoms with Gasteiger partial charge in [0.25, 0.3) is 0 Å². The third-order valence-corrected chi connectivity index (χ3v) is 3.58. The van der Waals surface area contributed by atoms with Gasteiger partial charge in [0.05, 0.1) is 16.7 Å². The van der Waals surface area contributed by atoms with Crippen molar-refractivity contribution in [3.05, 3.63) is 34.2 Å². The summed E-state index contributed by atoms with van der Waals surface area (Å²) in [7, 11) is 0. The lowest BCUT2D eigenvalue weighted by atomic mass is 9.99. The van der Waals surface area contributed by atoms with Gasteiger partial charge in [-0.15, -0.1) is 11.3 Å². The molecule has 0 saturated heterocycles.